The minimum absolute atomic E-state index is 0.0696. The molecule has 1 aliphatic heterocycles. The first-order valence-electron chi connectivity index (χ1n) is 7.78. The zero-order chi connectivity index (χ0) is 21.1. The normalized spacial score (nSPS) is 22.5. The fourth-order valence-electron chi connectivity index (χ4n) is 2.61. The van der Waals surface area contributed by atoms with Crippen LogP contribution in [-0.2, 0) is 24.2 Å². The molecule has 2 atom stereocenters. The number of oxime groups is 1. The topological polar surface area (TPSA) is 95.5 Å². The molecule has 1 aliphatic rings. The van der Waals surface area contributed by atoms with E-state index in [1.165, 1.54) is 19.2 Å². The van der Waals surface area contributed by atoms with Crippen LogP contribution < -0.4 is 10.1 Å². The highest BCUT2D eigenvalue weighted by molar-refractivity contribution is 6.60. The first-order valence-corrected chi connectivity index (χ1v) is 8.92. The third-order valence-electron chi connectivity index (χ3n) is 3.91. The number of carbonyl (C=O) groups is 2. The molecule has 12 heteroatoms. The van der Waals surface area contributed by atoms with Crippen LogP contribution in [0.3, 0.4) is 0 Å². The van der Waals surface area contributed by atoms with Crippen LogP contribution in [0.5, 0.6) is 5.75 Å². The summed E-state index contributed by atoms with van der Waals surface area (Å²) in [5, 5.41) is 6.49. The van der Waals surface area contributed by atoms with Crippen molar-refractivity contribution in [2.45, 2.75) is 29.8 Å². The third-order valence-corrected chi connectivity index (χ3v) is 5.08. The van der Waals surface area contributed by atoms with Crippen LogP contribution in [0.1, 0.15) is 24.9 Å². The van der Waals surface area contributed by atoms with E-state index in [0.717, 1.165) is 14.0 Å². The summed E-state index contributed by atoms with van der Waals surface area (Å²) in [5.74, 6) is -2.51. The molecule has 0 aromatic heterocycles. The maximum atomic E-state index is 14.8. The summed E-state index contributed by atoms with van der Waals surface area (Å²) in [6.45, 7) is 1.09. The number of nitrogens with zero attached hydrogens (tertiary/aromatic N) is 1. The molecule has 1 N–H and O–H groups in total. The number of carbonyl (C=O) groups excluding carboxylic acids is 2. The van der Waals surface area contributed by atoms with Gasteiger partial charge in [-0.25, -0.2) is 14.1 Å². The zero-order valence-corrected chi connectivity index (χ0v) is 17.2. The van der Waals surface area contributed by atoms with Crippen LogP contribution in [0.4, 0.5) is 4.39 Å². The summed E-state index contributed by atoms with van der Waals surface area (Å²) in [6.07, 6.45) is -0.0938. The number of esters is 1. The lowest BCUT2D eigenvalue weighted by atomic mass is 9.90. The Morgan fingerprint density at radius 2 is 2.00 bits per heavy atom. The predicted octanol–water partition coefficient (Wildman–Crippen LogP) is 3.09. The van der Waals surface area contributed by atoms with Gasteiger partial charge in [0.05, 0.1) is 19.2 Å². The van der Waals surface area contributed by atoms with Gasteiger partial charge in [-0.2, -0.15) is 4.99 Å². The van der Waals surface area contributed by atoms with E-state index in [9.17, 15) is 14.0 Å². The summed E-state index contributed by atoms with van der Waals surface area (Å²) < 4.78 is 22.6. The highest BCUT2D eigenvalue weighted by Crippen LogP contribution is 2.41. The number of rotatable bonds is 5. The molecule has 1 saturated heterocycles. The van der Waals surface area contributed by atoms with E-state index in [1.807, 2.05) is 0 Å². The van der Waals surface area contributed by atoms with Gasteiger partial charge in [-0.05, 0) is 11.2 Å². The number of halogens is 4. The van der Waals surface area contributed by atoms with Crippen molar-refractivity contribution in [1.82, 2.24) is 5.32 Å². The summed E-state index contributed by atoms with van der Waals surface area (Å²) in [4.78, 5) is 31.8. The lowest BCUT2D eigenvalue weighted by molar-refractivity contribution is -0.271. The Morgan fingerprint density at radius 1 is 1.32 bits per heavy atom. The minimum atomic E-state index is -1.92. The predicted molar refractivity (Wildman–Crippen MR) is 99.0 cm³/mol. The van der Waals surface area contributed by atoms with Gasteiger partial charge in [-0.15, -0.1) is 0 Å². The van der Waals surface area contributed by atoms with Crippen LogP contribution in [0.2, 0.25) is 5.02 Å². The second-order valence-corrected chi connectivity index (χ2v) is 7.47. The first kappa shape index (κ1) is 22.5. The molecule has 0 aliphatic carbocycles. The molecule has 0 amide bonds. The molecule has 0 spiro atoms. The summed E-state index contributed by atoms with van der Waals surface area (Å²) in [7, 11) is 2.40. The number of benzene rings is 1. The zero-order valence-electron chi connectivity index (χ0n) is 14.9. The summed E-state index contributed by atoms with van der Waals surface area (Å²) >= 11 is 18.5. The van der Waals surface area contributed by atoms with Crippen molar-refractivity contribution >= 4 is 52.5 Å². The number of hydrogen-bond acceptors (Lipinski definition) is 8. The van der Waals surface area contributed by atoms with Crippen LogP contribution >= 0.6 is 34.8 Å². The van der Waals surface area contributed by atoms with Crippen molar-refractivity contribution in [2.24, 2.45) is 5.16 Å². The lowest BCUT2D eigenvalue weighted by Gasteiger charge is -2.38. The van der Waals surface area contributed by atoms with Crippen molar-refractivity contribution in [3.63, 3.8) is 0 Å². The van der Waals surface area contributed by atoms with Gasteiger partial charge in [0.1, 0.15) is 11.8 Å². The average Bonchev–Trinajstić information content (AvgIpc) is 2.62. The largest absolute Gasteiger partial charge is 0.492 e. The van der Waals surface area contributed by atoms with Gasteiger partial charge in [0.15, 0.2) is 15.9 Å². The summed E-state index contributed by atoms with van der Waals surface area (Å²) in [5.41, 5.74) is 0.0173. The van der Waals surface area contributed by atoms with E-state index in [4.69, 9.17) is 44.3 Å². The van der Waals surface area contributed by atoms with E-state index in [0.29, 0.717) is 0 Å². The first-order chi connectivity index (χ1) is 13.1. The maximum absolute atomic E-state index is 14.8. The molecule has 8 nitrogen and oxygen atoms in total. The van der Waals surface area contributed by atoms with Crippen molar-refractivity contribution in [3.8, 4) is 5.75 Å². The van der Waals surface area contributed by atoms with Gasteiger partial charge < -0.3 is 9.47 Å². The Morgan fingerprint density at radius 3 is 2.57 bits per heavy atom. The molecule has 0 bridgehead atoms. The molecule has 0 radical (unpaired) electrons. The third kappa shape index (κ3) is 4.60. The van der Waals surface area contributed by atoms with Crippen molar-refractivity contribution < 1.29 is 33.3 Å². The highest BCUT2D eigenvalue weighted by atomic mass is 35.5. The van der Waals surface area contributed by atoms with Gasteiger partial charge in [0, 0.05) is 24.9 Å². The van der Waals surface area contributed by atoms with Gasteiger partial charge in [-0.3, -0.25) is 10.1 Å². The van der Waals surface area contributed by atoms with E-state index >= 15 is 0 Å². The van der Waals surface area contributed by atoms with Crippen LogP contribution in [0.25, 0.3) is 0 Å². The Kier molecular flexibility index (Phi) is 7.33. The second kappa shape index (κ2) is 9.13. The smallest absolute Gasteiger partial charge is 0.354 e. The molecule has 154 valence electrons. The van der Waals surface area contributed by atoms with Crippen LogP contribution in [0.15, 0.2) is 17.3 Å². The number of methoxy groups -OCH3 is 2. The molecule has 0 saturated carbocycles. The number of alkyl halides is 2. The molecule has 2 rings (SSSR count). The van der Waals surface area contributed by atoms with Crippen molar-refractivity contribution in [3.05, 3.63) is 28.5 Å². The van der Waals surface area contributed by atoms with E-state index in [-0.39, 0.29) is 28.5 Å². The molecule has 1 aromatic rings. The minimum Gasteiger partial charge on any atom is -0.492 e. The van der Waals surface area contributed by atoms with Gasteiger partial charge in [0.25, 0.3) is 0 Å². The Labute approximate surface area is 174 Å². The van der Waals surface area contributed by atoms with Crippen LogP contribution in [-0.4, -0.2) is 42.2 Å². The second-order valence-electron chi connectivity index (χ2n) is 5.67. The van der Waals surface area contributed by atoms with E-state index in [2.05, 4.69) is 20.3 Å². The number of ether oxygens (including phenoxy) is 2. The fraction of sp³-hybridized carbons (Fsp3) is 0.438. The number of nitrogens with one attached hydrogen (secondary N) is 1. The standard InChI is InChI=1S/C16H16Cl3FN2O6/c1-7(23)27-28-22-11-6-10(21-14(15(24)26-3)16(11,18)19)8-4-5-9(17)13(25-2)12(8)20/h4-5,10,14,21H,6H2,1-3H3. The van der Waals surface area contributed by atoms with E-state index < -0.39 is 34.2 Å². The van der Waals surface area contributed by atoms with Gasteiger partial charge in [-0.1, -0.05) is 40.9 Å². The highest BCUT2D eigenvalue weighted by Gasteiger charge is 2.51. The molecule has 1 aromatic carbocycles. The van der Waals surface area contributed by atoms with Crippen LogP contribution in [0, 0.1) is 5.82 Å². The molecular weight excluding hydrogens is 442 g/mol. The Bertz CT molecular complexity index is 805. The quantitative estimate of drug-likeness (QED) is 0.314. The Hall–Kier alpha value is -1.81. The monoisotopic (exact) mass is 456 g/mol. The van der Waals surface area contributed by atoms with E-state index in [1.54, 1.807) is 0 Å². The molecule has 1 heterocycles. The lowest BCUT2D eigenvalue weighted by Crippen LogP contribution is -2.59. The Balaban J connectivity index is 2.46. The average molecular weight is 458 g/mol. The molecular formula is C16H16Cl3FN2O6. The molecule has 28 heavy (non-hydrogen) atoms. The van der Waals surface area contributed by atoms with Crippen molar-refractivity contribution in [2.75, 3.05) is 14.2 Å². The summed E-state index contributed by atoms with van der Waals surface area (Å²) in [6, 6.07) is 0.677. The fourth-order valence-corrected chi connectivity index (χ4v) is 3.36. The van der Waals surface area contributed by atoms with Crippen molar-refractivity contribution in [1.29, 1.82) is 0 Å². The molecule has 1 fully saturated rings. The number of piperidine rings is 1. The number of hydrogen-bond donors (Lipinski definition) is 1. The maximum Gasteiger partial charge on any atom is 0.354 e. The van der Waals surface area contributed by atoms with Gasteiger partial charge in [0.2, 0.25) is 0 Å². The molecule has 2 unspecified atom stereocenters. The van der Waals surface area contributed by atoms with Gasteiger partial charge >= 0.3 is 11.9 Å². The SMILES string of the molecule is COC(=O)C1NC(c2ccc(Cl)c(OC)c2F)CC(=NOOC(C)=O)C1(Cl)Cl.